The number of benzene rings is 1. The van der Waals surface area contributed by atoms with Gasteiger partial charge in [-0.25, -0.2) is 4.79 Å². The van der Waals surface area contributed by atoms with Crippen LogP contribution in [-0.4, -0.2) is 43.0 Å². The fourth-order valence-electron chi connectivity index (χ4n) is 4.61. The molecule has 1 N–H and O–H groups in total. The van der Waals surface area contributed by atoms with Crippen molar-refractivity contribution in [2.24, 2.45) is 0 Å². The normalized spacial score (nSPS) is 27.0. The minimum atomic E-state index is -0.546. The molecule has 1 atom stereocenters. The second kappa shape index (κ2) is 5.80. The lowest BCUT2D eigenvalue weighted by molar-refractivity contribution is -0.122. The lowest BCUT2D eigenvalue weighted by atomic mass is 9.81. The van der Waals surface area contributed by atoms with Gasteiger partial charge in [-0.15, -0.1) is 0 Å². The van der Waals surface area contributed by atoms with Gasteiger partial charge in [0.2, 0.25) is 5.91 Å². The van der Waals surface area contributed by atoms with Gasteiger partial charge in [0.15, 0.2) is 0 Å². The van der Waals surface area contributed by atoms with E-state index in [1.165, 1.54) is 19.3 Å². The van der Waals surface area contributed by atoms with Crippen LogP contribution in [-0.2, 0) is 10.2 Å². The Morgan fingerprint density at radius 3 is 2.75 bits per heavy atom. The molecule has 1 aromatic carbocycles. The summed E-state index contributed by atoms with van der Waals surface area (Å²) < 4.78 is 0. The molecule has 1 saturated carbocycles. The summed E-state index contributed by atoms with van der Waals surface area (Å²) >= 11 is 0. The highest BCUT2D eigenvalue weighted by Gasteiger charge is 2.54. The zero-order chi connectivity index (χ0) is 16.7. The average molecular weight is 327 g/mol. The Kier molecular flexibility index (Phi) is 3.74. The molecule has 2 heterocycles. The zero-order valence-electron chi connectivity index (χ0n) is 14.3. The van der Waals surface area contributed by atoms with Crippen molar-refractivity contribution >= 4 is 17.6 Å². The van der Waals surface area contributed by atoms with Gasteiger partial charge < -0.3 is 15.1 Å². The summed E-state index contributed by atoms with van der Waals surface area (Å²) in [5, 5.41) is 3.18. The van der Waals surface area contributed by atoms with Crippen molar-refractivity contribution in [1.29, 1.82) is 0 Å². The summed E-state index contributed by atoms with van der Waals surface area (Å²) in [7, 11) is 1.83. The number of nitrogens with zero attached hydrogens (tertiary/aromatic N) is 2. The largest absolute Gasteiger partial charge is 0.335 e. The molecule has 0 bridgehead atoms. The number of carbonyl (C=O) groups excluding carboxylic acids is 2. The number of amides is 3. The Morgan fingerprint density at radius 2 is 1.96 bits per heavy atom. The first-order valence-electron chi connectivity index (χ1n) is 9.05. The highest BCUT2D eigenvalue weighted by Crippen LogP contribution is 2.46. The molecule has 3 aliphatic rings. The van der Waals surface area contributed by atoms with E-state index in [1.54, 1.807) is 4.90 Å². The SMILES string of the molecule is CN1C(=O)C2(CCN(C(=O)NC3CCCCC3)C2)c2ccccc21. The number of fused-ring (bicyclic) bond motifs is 2. The Morgan fingerprint density at radius 1 is 1.21 bits per heavy atom. The second-order valence-corrected chi connectivity index (χ2v) is 7.42. The van der Waals surface area contributed by atoms with Gasteiger partial charge in [-0.2, -0.15) is 0 Å². The number of anilines is 1. The molecule has 2 aliphatic heterocycles. The van der Waals surface area contributed by atoms with Gasteiger partial charge >= 0.3 is 6.03 Å². The van der Waals surface area contributed by atoms with E-state index in [1.807, 2.05) is 36.2 Å². The van der Waals surface area contributed by atoms with Gasteiger partial charge in [-0.3, -0.25) is 4.79 Å². The van der Waals surface area contributed by atoms with Gasteiger partial charge in [-0.05, 0) is 30.9 Å². The number of hydrogen-bond donors (Lipinski definition) is 1. The van der Waals surface area contributed by atoms with Crippen molar-refractivity contribution in [3.05, 3.63) is 29.8 Å². The van der Waals surface area contributed by atoms with E-state index < -0.39 is 5.41 Å². The molecular weight excluding hydrogens is 302 g/mol. The summed E-state index contributed by atoms with van der Waals surface area (Å²) in [5.74, 6) is 0.122. The predicted octanol–water partition coefficient (Wildman–Crippen LogP) is 2.65. The van der Waals surface area contributed by atoms with Crippen LogP contribution in [0.5, 0.6) is 0 Å². The monoisotopic (exact) mass is 327 g/mol. The van der Waals surface area contributed by atoms with Crippen LogP contribution in [0.2, 0.25) is 0 Å². The summed E-state index contributed by atoms with van der Waals surface area (Å²) in [6, 6.07) is 8.28. The van der Waals surface area contributed by atoms with Crippen LogP contribution in [0.3, 0.4) is 0 Å². The summed E-state index contributed by atoms with van der Waals surface area (Å²) in [4.78, 5) is 29.1. The molecule has 5 heteroatoms. The molecule has 1 saturated heterocycles. The van der Waals surface area contributed by atoms with Crippen LogP contribution in [0.4, 0.5) is 10.5 Å². The van der Waals surface area contributed by atoms with Crippen molar-refractivity contribution in [1.82, 2.24) is 10.2 Å². The number of para-hydroxylation sites is 1. The lowest BCUT2D eigenvalue weighted by Crippen LogP contribution is -2.47. The molecule has 3 amide bonds. The van der Waals surface area contributed by atoms with Crippen molar-refractivity contribution in [3.8, 4) is 0 Å². The number of likely N-dealkylation sites (N-methyl/N-ethyl adjacent to an activating group) is 1. The van der Waals surface area contributed by atoms with Crippen LogP contribution >= 0.6 is 0 Å². The summed E-state index contributed by atoms with van der Waals surface area (Å²) in [5.41, 5.74) is 1.51. The maximum absolute atomic E-state index is 12.9. The summed E-state index contributed by atoms with van der Waals surface area (Å²) in [6.45, 7) is 1.14. The fraction of sp³-hybridized carbons (Fsp3) is 0.579. The number of likely N-dealkylation sites (tertiary alicyclic amines) is 1. The average Bonchev–Trinajstić information content (AvgIpc) is 3.15. The van der Waals surface area contributed by atoms with Crippen molar-refractivity contribution in [3.63, 3.8) is 0 Å². The molecule has 1 spiro atoms. The quantitative estimate of drug-likeness (QED) is 0.862. The van der Waals surface area contributed by atoms with Gasteiger partial charge in [-0.1, -0.05) is 37.5 Å². The van der Waals surface area contributed by atoms with E-state index in [2.05, 4.69) is 5.32 Å². The maximum Gasteiger partial charge on any atom is 0.317 e. The molecular formula is C19H25N3O2. The van der Waals surface area contributed by atoms with Crippen molar-refractivity contribution in [2.75, 3.05) is 25.0 Å². The Balaban J connectivity index is 1.51. The molecule has 1 aromatic rings. The lowest BCUT2D eigenvalue weighted by Gasteiger charge is -2.27. The minimum absolute atomic E-state index is 0.00129. The van der Waals surface area contributed by atoms with E-state index in [4.69, 9.17) is 0 Å². The zero-order valence-corrected chi connectivity index (χ0v) is 14.3. The first kappa shape index (κ1) is 15.5. The molecule has 1 unspecified atom stereocenters. The standard InChI is InChI=1S/C19H25N3O2/c1-21-16-10-6-5-9-15(16)19(17(21)23)11-12-22(13-19)18(24)20-14-7-3-2-4-8-14/h5-6,9-10,14H,2-4,7-8,11-13H2,1H3,(H,20,24). The van der Waals surface area contributed by atoms with Gasteiger partial charge in [0.05, 0.1) is 5.41 Å². The third kappa shape index (κ3) is 2.29. The van der Waals surface area contributed by atoms with E-state index in [0.29, 0.717) is 25.6 Å². The molecule has 128 valence electrons. The molecule has 24 heavy (non-hydrogen) atoms. The summed E-state index contributed by atoms with van der Waals surface area (Å²) in [6.07, 6.45) is 6.55. The number of nitrogens with one attached hydrogen (secondary N) is 1. The second-order valence-electron chi connectivity index (χ2n) is 7.42. The predicted molar refractivity (Wildman–Crippen MR) is 93.1 cm³/mol. The van der Waals surface area contributed by atoms with E-state index >= 15 is 0 Å². The number of urea groups is 1. The van der Waals surface area contributed by atoms with E-state index in [-0.39, 0.29) is 11.9 Å². The minimum Gasteiger partial charge on any atom is -0.335 e. The Bertz CT molecular complexity index is 668. The first-order chi connectivity index (χ1) is 11.6. The smallest absolute Gasteiger partial charge is 0.317 e. The van der Waals surface area contributed by atoms with Gasteiger partial charge in [0.25, 0.3) is 0 Å². The van der Waals surface area contributed by atoms with Crippen molar-refractivity contribution in [2.45, 2.75) is 50.0 Å². The topological polar surface area (TPSA) is 52.7 Å². The number of hydrogen-bond acceptors (Lipinski definition) is 2. The van der Waals surface area contributed by atoms with Crippen LogP contribution in [0.1, 0.15) is 44.1 Å². The molecule has 5 nitrogen and oxygen atoms in total. The van der Waals surface area contributed by atoms with Crippen LogP contribution in [0, 0.1) is 0 Å². The van der Waals surface area contributed by atoms with Gasteiger partial charge in [0.1, 0.15) is 0 Å². The maximum atomic E-state index is 12.9. The van der Waals surface area contributed by atoms with Crippen LogP contribution in [0.25, 0.3) is 0 Å². The third-order valence-electron chi connectivity index (χ3n) is 5.98. The van der Waals surface area contributed by atoms with Gasteiger partial charge in [0, 0.05) is 31.9 Å². The molecule has 2 fully saturated rings. The highest BCUT2D eigenvalue weighted by molar-refractivity contribution is 6.08. The molecule has 1 aliphatic carbocycles. The van der Waals surface area contributed by atoms with E-state index in [9.17, 15) is 9.59 Å². The fourth-order valence-corrected chi connectivity index (χ4v) is 4.61. The van der Waals surface area contributed by atoms with Crippen LogP contribution < -0.4 is 10.2 Å². The van der Waals surface area contributed by atoms with Crippen LogP contribution in [0.15, 0.2) is 24.3 Å². The van der Waals surface area contributed by atoms with E-state index in [0.717, 1.165) is 24.1 Å². The molecule has 0 aromatic heterocycles. The Labute approximate surface area is 143 Å². The number of rotatable bonds is 1. The highest BCUT2D eigenvalue weighted by atomic mass is 16.2. The first-order valence-corrected chi connectivity index (χ1v) is 9.05. The molecule has 4 rings (SSSR count). The third-order valence-corrected chi connectivity index (χ3v) is 5.98. The van der Waals surface area contributed by atoms with Crippen molar-refractivity contribution < 1.29 is 9.59 Å². The number of carbonyl (C=O) groups is 2. The molecule has 0 radical (unpaired) electrons. The Hall–Kier alpha value is -2.04.